The van der Waals surface area contributed by atoms with Gasteiger partial charge in [-0.05, 0) is 60.8 Å². The summed E-state index contributed by atoms with van der Waals surface area (Å²) in [5.41, 5.74) is 4.42. The van der Waals surface area contributed by atoms with Crippen molar-refractivity contribution in [3.63, 3.8) is 0 Å². The van der Waals surface area contributed by atoms with Crippen molar-refractivity contribution < 1.29 is 9.53 Å². The normalized spacial score (nSPS) is 22.2. The standard InChI is InChI=1S/C25H32N4O2/c1-2-3-15-31-24(30)28-13-9-25(10-14-28)17-29(18-25)22-8-6-19-16-20(5-7-21(19)22)23-26-11-4-12-27-23/h4-5,7,11-12,16,22H,2-3,6,8-10,13-15,17-18H2,1H3. The van der Waals surface area contributed by atoms with Crippen LogP contribution in [0.15, 0.2) is 36.7 Å². The van der Waals surface area contributed by atoms with Crippen molar-refractivity contribution in [2.24, 2.45) is 5.41 Å². The van der Waals surface area contributed by atoms with Crippen molar-refractivity contribution in [3.05, 3.63) is 47.8 Å². The monoisotopic (exact) mass is 420 g/mol. The lowest BCUT2D eigenvalue weighted by atomic mass is 9.71. The van der Waals surface area contributed by atoms with Crippen LogP contribution in [0.25, 0.3) is 11.4 Å². The molecule has 3 heterocycles. The molecule has 2 saturated heterocycles. The summed E-state index contributed by atoms with van der Waals surface area (Å²) in [6, 6.07) is 9.13. The fourth-order valence-corrected chi connectivity index (χ4v) is 5.47. The van der Waals surface area contributed by atoms with E-state index in [1.165, 1.54) is 17.5 Å². The van der Waals surface area contributed by atoms with Gasteiger partial charge in [0.1, 0.15) is 0 Å². The zero-order valence-corrected chi connectivity index (χ0v) is 18.4. The summed E-state index contributed by atoms with van der Waals surface area (Å²) in [6.45, 7) is 6.63. The Balaban J connectivity index is 1.16. The third-order valence-electron chi connectivity index (χ3n) is 7.34. The largest absolute Gasteiger partial charge is 0.449 e. The van der Waals surface area contributed by atoms with Crippen molar-refractivity contribution in [1.82, 2.24) is 19.8 Å². The van der Waals surface area contributed by atoms with Crippen LogP contribution in [0, 0.1) is 5.41 Å². The molecule has 0 bridgehead atoms. The van der Waals surface area contributed by atoms with Crippen molar-refractivity contribution in [3.8, 4) is 11.4 Å². The minimum atomic E-state index is -0.123. The summed E-state index contributed by atoms with van der Waals surface area (Å²) in [4.78, 5) is 25.6. The Morgan fingerprint density at radius 1 is 1.19 bits per heavy atom. The van der Waals surface area contributed by atoms with Crippen molar-refractivity contribution in [1.29, 1.82) is 0 Å². The van der Waals surface area contributed by atoms with Crippen molar-refractivity contribution in [2.75, 3.05) is 32.8 Å². The summed E-state index contributed by atoms with van der Waals surface area (Å²) < 4.78 is 5.39. The highest BCUT2D eigenvalue weighted by Gasteiger charge is 2.48. The zero-order valence-electron chi connectivity index (χ0n) is 18.4. The number of aryl methyl sites for hydroxylation is 1. The number of carbonyl (C=O) groups excluding carboxylic acids is 1. The maximum Gasteiger partial charge on any atom is 0.409 e. The number of fused-ring (bicyclic) bond motifs is 1. The van der Waals surface area contributed by atoms with E-state index in [4.69, 9.17) is 4.74 Å². The average Bonchev–Trinajstić information content (AvgIpc) is 3.21. The van der Waals surface area contributed by atoms with Gasteiger partial charge in [0, 0.05) is 50.2 Å². The quantitative estimate of drug-likeness (QED) is 0.668. The van der Waals surface area contributed by atoms with Crippen LogP contribution in [-0.4, -0.2) is 58.6 Å². The Kier molecular flexibility index (Phi) is 5.65. The highest BCUT2D eigenvalue weighted by Crippen LogP contribution is 2.48. The number of carbonyl (C=O) groups is 1. The number of rotatable bonds is 5. The summed E-state index contributed by atoms with van der Waals surface area (Å²) in [6.07, 6.45) is 9.98. The molecular weight excluding hydrogens is 388 g/mol. The molecule has 0 N–H and O–H groups in total. The fraction of sp³-hybridized carbons (Fsp3) is 0.560. The number of ether oxygens (including phenoxy) is 1. The first-order chi connectivity index (χ1) is 15.2. The highest BCUT2D eigenvalue weighted by atomic mass is 16.6. The summed E-state index contributed by atoms with van der Waals surface area (Å²) >= 11 is 0. The number of benzene rings is 1. The average molecular weight is 421 g/mol. The summed E-state index contributed by atoms with van der Waals surface area (Å²) in [5.74, 6) is 0.802. The van der Waals surface area contributed by atoms with Gasteiger partial charge in [0.25, 0.3) is 0 Å². The molecule has 6 heteroatoms. The molecule has 1 aromatic carbocycles. The Labute approximate surface area is 184 Å². The molecule has 1 unspecified atom stereocenters. The third-order valence-corrected chi connectivity index (χ3v) is 7.34. The number of hydrogen-bond acceptors (Lipinski definition) is 5. The number of piperidine rings is 1. The van der Waals surface area contributed by atoms with E-state index in [2.05, 4.69) is 40.0 Å². The van der Waals surface area contributed by atoms with Gasteiger partial charge in [-0.1, -0.05) is 25.5 Å². The number of nitrogens with zero attached hydrogens (tertiary/aromatic N) is 4. The van der Waals surface area contributed by atoms with Gasteiger partial charge in [0.15, 0.2) is 5.82 Å². The minimum Gasteiger partial charge on any atom is -0.449 e. The first kappa shape index (κ1) is 20.4. The van der Waals surface area contributed by atoms with Crippen LogP contribution in [0.3, 0.4) is 0 Å². The van der Waals surface area contributed by atoms with E-state index in [1.807, 2.05) is 11.0 Å². The van der Waals surface area contributed by atoms with Crippen molar-refractivity contribution >= 4 is 6.09 Å². The van der Waals surface area contributed by atoms with Gasteiger partial charge in [0.2, 0.25) is 0 Å². The van der Waals surface area contributed by atoms with E-state index in [1.54, 1.807) is 12.4 Å². The molecule has 6 nitrogen and oxygen atoms in total. The van der Waals surface area contributed by atoms with Gasteiger partial charge in [0.05, 0.1) is 6.61 Å². The van der Waals surface area contributed by atoms with Crippen LogP contribution in [0.2, 0.25) is 0 Å². The van der Waals surface area contributed by atoms with Gasteiger partial charge in [-0.2, -0.15) is 0 Å². The van der Waals surface area contributed by atoms with Gasteiger partial charge in [-0.3, -0.25) is 4.90 Å². The molecule has 164 valence electrons. The molecule has 0 saturated carbocycles. The lowest BCUT2D eigenvalue weighted by Crippen LogP contribution is -2.61. The number of aromatic nitrogens is 2. The molecule has 2 aliphatic heterocycles. The highest BCUT2D eigenvalue weighted by molar-refractivity contribution is 5.67. The SMILES string of the molecule is CCCCOC(=O)N1CCC2(CC1)CN(C1CCc3cc(-c4ncccn4)ccc31)C2. The predicted octanol–water partition coefficient (Wildman–Crippen LogP) is 4.47. The number of amides is 1. The Hall–Kier alpha value is -2.47. The van der Waals surface area contributed by atoms with Gasteiger partial charge < -0.3 is 9.64 Å². The molecule has 31 heavy (non-hydrogen) atoms. The second kappa shape index (κ2) is 8.58. The van der Waals surface area contributed by atoms with E-state index < -0.39 is 0 Å². The lowest BCUT2D eigenvalue weighted by molar-refractivity contribution is -0.0679. The number of likely N-dealkylation sites (tertiary alicyclic amines) is 2. The molecule has 1 aromatic heterocycles. The van der Waals surface area contributed by atoms with Crippen molar-refractivity contribution in [2.45, 2.75) is 51.5 Å². The topological polar surface area (TPSA) is 58.6 Å². The predicted molar refractivity (Wildman–Crippen MR) is 120 cm³/mol. The Morgan fingerprint density at radius 2 is 1.97 bits per heavy atom. The van der Waals surface area contributed by atoms with Crippen LogP contribution in [-0.2, 0) is 11.2 Å². The van der Waals surface area contributed by atoms with Gasteiger partial charge in [-0.25, -0.2) is 14.8 Å². The van der Waals surface area contributed by atoms with E-state index in [-0.39, 0.29) is 6.09 Å². The Bertz CT molecular complexity index is 916. The molecule has 1 amide bonds. The lowest BCUT2D eigenvalue weighted by Gasteiger charge is -2.56. The molecular formula is C25H32N4O2. The van der Waals surface area contributed by atoms with E-state index in [9.17, 15) is 4.79 Å². The maximum absolute atomic E-state index is 12.2. The van der Waals surface area contributed by atoms with Crippen LogP contribution < -0.4 is 0 Å². The van der Waals surface area contributed by atoms with E-state index in [0.717, 1.165) is 69.7 Å². The smallest absolute Gasteiger partial charge is 0.409 e. The molecule has 1 spiro atoms. The van der Waals surface area contributed by atoms with Crippen LogP contribution in [0.1, 0.15) is 56.2 Å². The van der Waals surface area contributed by atoms with Crippen LogP contribution in [0.5, 0.6) is 0 Å². The molecule has 0 radical (unpaired) electrons. The fourth-order valence-electron chi connectivity index (χ4n) is 5.47. The summed E-state index contributed by atoms with van der Waals surface area (Å²) in [7, 11) is 0. The minimum absolute atomic E-state index is 0.123. The third kappa shape index (κ3) is 4.05. The second-order valence-electron chi connectivity index (χ2n) is 9.40. The number of hydrogen-bond donors (Lipinski definition) is 0. The van der Waals surface area contributed by atoms with Gasteiger partial charge >= 0.3 is 6.09 Å². The molecule has 2 aromatic rings. The van der Waals surface area contributed by atoms with Crippen LogP contribution in [0.4, 0.5) is 4.79 Å². The molecule has 5 rings (SSSR count). The second-order valence-corrected chi connectivity index (χ2v) is 9.40. The first-order valence-corrected chi connectivity index (χ1v) is 11.7. The van der Waals surface area contributed by atoms with Gasteiger partial charge in [-0.15, -0.1) is 0 Å². The van der Waals surface area contributed by atoms with E-state index in [0.29, 0.717) is 18.1 Å². The maximum atomic E-state index is 12.2. The molecule has 1 aliphatic carbocycles. The Morgan fingerprint density at radius 3 is 2.71 bits per heavy atom. The molecule has 3 aliphatic rings. The summed E-state index contributed by atoms with van der Waals surface area (Å²) in [5, 5.41) is 0. The molecule has 2 fully saturated rings. The zero-order chi connectivity index (χ0) is 21.3. The van der Waals surface area contributed by atoms with Crippen LogP contribution >= 0.6 is 0 Å². The van der Waals surface area contributed by atoms with E-state index >= 15 is 0 Å². The number of unbranched alkanes of at least 4 members (excludes halogenated alkanes) is 1. The first-order valence-electron chi connectivity index (χ1n) is 11.7. The molecule has 1 atom stereocenters.